The van der Waals surface area contributed by atoms with Crippen LogP contribution >= 0.6 is 15.9 Å². The van der Waals surface area contributed by atoms with E-state index < -0.39 is 0 Å². The average molecular weight is 388 g/mol. The fourth-order valence-electron chi connectivity index (χ4n) is 3.25. The summed E-state index contributed by atoms with van der Waals surface area (Å²) in [5.41, 5.74) is 2.21. The predicted octanol–water partition coefficient (Wildman–Crippen LogP) is 4.14. The second-order valence-corrected chi connectivity index (χ2v) is 6.73. The SMILES string of the molecule is COC(=O)C1CC(C)N(C(=O)c2ccccc2Br)c2ccccc21. The van der Waals surface area contributed by atoms with Crippen molar-refractivity contribution in [2.75, 3.05) is 12.0 Å². The van der Waals surface area contributed by atoms with Crippen molar-refractivity contribution in [3.63, 3.8) is 0 Å². The number of ether oxygens (including phenoxy) is 1. The first-order chi connectivity index (χ1) is 11.5. The molecule has 0 radical (unpaired) electrons. The van der Waals surface area contributed by atoms with Gasteiger partial charge in [0, 0.05) is 16.2 Å². The molecule has 2 aromatic rings. The van der Waals surface area contributed by atoms with E-state index in [1.807, 2.05) is 49.4 Å². The zero-order valence-electron chi connectivity index (χ0n) is 13.5. The van der Waals surface area contributed by atoms with Crippen molar-refractivity contribution in [1.29, 1.82) is 0 Å². The number of benzene rings is 2. The van der Waals surface area contributed by atoms with Crippen molar-refractivity contribution in [2.24, 2.45) is 0 Å². The summed E-state index contributed by atoms with van der Waals surface area (Å²) in [4.78, 5) is 27.0. The first-order valence-corrected chi connectivity index (χ1v) is 8.58. The summed E-state index contributed by atoms with van der Waals surface area (Å²) in [5, 5.41) is 0. The Balaban J connectivity index is 2.07. The number of hydrogen-bond acceptors (Lipinski definition) is 3. The molecule has 4 nitrogen and oxygen atoms in total. The molecule has 3 rings (SSSR count). The molecule has 0 bridgehead atoms. The molecule has 0 saturated carbocycles. The molecule has 0 N–H and O–H groups in total. The van der Waals surface area contributed by atoms with E-state index in [0.29, 0.717) is 12.0 Å². The Kier molecular flexibility index (Phi) is 4.71. The average Bonchev–Trinajstić information content (AvgIpc) is 2.60. The number of halogens is 1. The maximum absolute atomic E-state index is 13.1. The lowest BCUT2D eigenvalue weighted by molar-refractivity contribution is -0.142. The Hall–Kier alpha value is -2.14. The molecule has 5 heteroatoms. The molecule has 1 aliphatic rings. The van der Waals surface area contributed by atoms with Crippen LogP contribution in [0.4, 0.5) is 5.69 Å². The topological polar surface area (TPSA) is 46.6 Å². The van der Waals surface area contributed by atoms with Gasteiger partial charge in [-0.25, -0.2) is 0 Å². The Morgan fingerprint density at radius 3 is 2.50 bits per heavy atom. The van der Waals surface area contributed by atoms with Gasteiger partial charge in [0.1, 0.15) is 0 Å². The van der Waals surface area contributed by atoms with E-state index in [2.05, 4.69) is 15.9 Å². The van der Waals surface area contributed by atoms with Gasteiger partial charge in [0.15, 0.2) is 0 Å². The number of methoxy groups -OCH3 is 1. The van der Waals surface area contributed by atoms with Crippen LogP contribution in [0.25, 0.3) is 0 Å². The molecule has 0 saturated heterocycles. The Morgan fingerprint density at radius 2 is 1.79 bits per heavy atom. The van der Waals surface area contributed by atoms with E-state index in [4.69, 9.17) is 4.74 Å². The number of anilines is 1. The van der Waals surface area contributed by atoms with Gasteiger partial charge in [0.05, 0.1) is 18.6 Å². The third kappa shape index (κ3) is 2.84. The highest BCUT2D eigenvalue weighted by molar-refractivity contribution is 9.10. The second kappa shape index (κ2) is 6.77. The molecule has 2 unspecified atom stereocenters. The number of carbonyl (C=O) groups is 2. The Morgan fingerprint density at radius 1 is 1.12 bits per heavy atom. The highest BCUT2D eigenvalue weighted by Crippen LogP contribution is 2.40. The van der Waals surface area contributed by atoms with E-state index in [1.54, 1.807) is 11.0 Å². The van der Waals surface area contributed by atoms with Crippen molar-refractivity contribution in [2.45, 2.75) is 25.3 Å². The fraction of sp³-hybridized carbons (Fsp3) is 0.263. The number of para-hydroxylation sites is 1. The van der Waals surface area contributed by atoms with Crippen LogP contribution in [0.5, 0.6) is 0 Å². The van der Waals surface area contributed by atoms with Crippen molar-refractivity contribution in [1.82, 2.24) is 0 Å². The first-order valence-electron chi connectivity index (χ1n) is 7.79. The molecule has 2 aromatic carbocycles. The second-order valence-electron chi connectivity index (χ2n) is 5.87. The van der Waals surface area contributed by atoms with Gasteiger partial charge in [-0.3, -0.25) is 9.59 Å². The van der Waals surface area contributed by atoms with Crippen LogP contribution in [-0.2, 0) is 9.53 Å². The molecule has 124 valence electrons. The van der Waals surface area contributed by atoms with Crippen LogP contribution in [0.1, 0.15) is 35.2 Å². The van der Waals surface area contributed by atoms with Gasteiger partial charge in [0.2, 0.25) is 0 Å². The molecule has 1 amide bonds. The highest BCUT2D eigenvalue weighted by Gasteiger charge is 2.37. The third-order valence-corrected chi connectivity index (χ3v) is 5.09. The minimum atomic E-state index is -0.343. The van der Waals surface area contributed by atoms with Crippen LogP contribution in [-0.4, -0.2) is 25.0 Å². The van der Waals surface area contributed by atoms with E-state index in [1.165, 1.54) is 7.11 Å². The predicted molar refractivity (Wildman–Crippen MR) is 96.2 cm³/mol. The summed E-state index contributed by atoms with van der Waals surface area (Å²) < 4.78 is 5.70. The molecule has 0 spiro atoms. The summed E-state index contributed by atoms with van der Waals surface area (Å²) in [6.07, 6.45) is 0.542. The maximum Gasteiger partial charge on any atom is 0.313 e. The van der Waals surface area contributed by atoms with Gasteiger partial charge < -0.3 is 9.64 Å². The lowest BCUT2D eigenvalue weighted by Crippen LogP contribution is -2.44. The van der Waals surface area contributed by atoms with Gasteiger partial charge in [-0.2, -0.15) is 0 Å². The van der Waals surface area contributed by atoms with Crippen LogP contribution in [0, 0.1) is 0 Å². The van der Waals surface area contributed by atoms with E-state index in [-0.39, 0.29) is 23.8 Å². The van der Waals surface area contributed by atoms with Crippen molar-refractivity contribution < 1.29 is 14.3 Å². The number of fused-ring (bicyclic) bond motifs is 1. The van der Waals surface area contributed by atoms with Crippen LogP contribution in [0.3, 0.4) is 0 Å². The summed E-state index contributed by atoms with van der Waals surface area (Å²) in [6.45, 7) is 1.96. The monoisotopic (exact) mass is 387 g/mol. The lowest BCUT2D eigenvalue weighted by atomic mass is 9.85. The van der Waals surface area contributed by atoms with Gasteiger partial charge in [-0.05, 0) is 53.0 Å². The van der Waals surface area contributed by atoms with Crippen LogP contribution in [0.2, 0.25) is 0 Å². The molecule has 0 aliphatic carbocycles. The van der Waals surface area contributed by atoms with Crippen LogP contribution < -0.4 is 4.90 Å². The summed E-state index contributed by atoms with van der Waals surface area (Å²) in [7, 11) is 1.40. The van der Waals surface area contributed by atoms with Gasteiger partial charge in [-0.15, -0.1) is 0 Å². The van der Waals surface area contributed by atoms with E-state index >= 15 is 0 Å². The normalized spacial score (nSPS) is 19.5. The number of rotatable bonds is 2. The third-order valence-electron chi connectivity index (χ3n) is 4.40. The largest absolute Gasteiger partial charge is 0.469 e. The number of amides is 1. The Bertz CT molecular complexity index is 790. The number of esters is 1. The minimum Gasteiger partial charge on any atom is -0.469 e. The molecule has 2 atom stereocenters. The zero-order chi connectivity index (χ0) is 17.3. The smallest absolute Gasteiger partial charge is 0.313 e. The maximum atomic E-state index is 13.1. The minimum absolute atomic E-state index is 0.0780. The summed E-state index contributed by atoms with van der Waals surface area (Å²) in [6, 6.07) is 14.8. The summed E-state index contributed by atoms with van der Waals surface area (Å²) in [5.74, 6) is -0.683. The molecular weight excluding hydrogens is 370 g/mol. The first kappa shape index (κ1) is 16.7. The highest BCUT2D eigenvalue weighted by atomic mass is 79.9. The Labute approximate surface area is 149 Å². The van der Waals surface area contributed by atoms with Gasteiger partial charge in [-0.1, -0.05) is 30.3 Å². The molecule has 24 heavy (non-hydrogen) atoms. The lowest BCUT2D eigenvalue weighted by Gasteiger charge is -2.38. The van der Waals surface area contributed by atoms with Gasteiger partial charge in [0.25, 0.3) is 5.91 Å². The van der Waals surface area contributed by atoms with Crippen molar-refractivity contribution in [3.05, 3.63) is 64.1 Å². The van der Waals surface area contributed by atoms with E-state index in [0.717, 1.165) is 15.7 Å². The molecular formula is C19H18BrNO3. The van der Waals surface area contributed by atoms with Crippen molar-refractivity contribution >= 4 is 33.5 Å². The van der Waals surface area contributed by atoms with E-state index in [9.17, 15) is 9.59 Å². The fourth-order valence-corrected chi connectivity index (χ4v) is 3.71. The quantitative estimate of drug-likeness (QED) is 0.727. The van der Waals surface area contributed by atoms with Gasteiger partial charge >= 0.3 is 5.97 Å². The zero-order valence-corrected chi connectivity index (χ0v) is 15.1. The summed E-state index contributed by atoms with van der Waals surface area (Å²) >= 11 is 3.45. The molecule has 1 heterocycles. The number of hydrogen-bond donors (Lipinski definition) is 0. The number of carbonyl (C=O) groups excluding carboxylic acids is 2. The van der Waals surface area contributed by atoms with Crippen molar-refractivity contribution in [3.8, 4) is 0 Å². The molecule has 1 aliphatic heterocycles. The van der Waals surface area contributed by atoms with Crippen LogP contribution in [0.15, 0.2) is 53.0 Å². The number of nitrogens with zero attached hydrogens (tertiary/aromatic N) is 1. The standard InChI is InChI=1S/C19H18BrNO3/c1-12-11-15(19(23)24-2)13-7-4-6-10-17(13)21(12)18(22)14-8-3-5-9-16(14)20/h3-10,12,15H,11H2,1-2H3. The molecule has 0 aromatic heterocycles. The molecule has 0 fully saturated rings.